The third-order valence-corrected chi connectivity index (χ3v) is 12.8. The number of hydrogen-bond donors (Lipinski definition) is 0. The Morgan fingerprint density at radius 1 is 0.385 bits per heavy atom. The Morgan fingerprint density at radius 2 is 1.00 bits per heavy atom. The van der Waals surface area contributed by atoms with Gasteiger partial charge in [-0.1, -0.05) is 158 Å². The van der Waals surface area contributed by atoms with Crippen molar-refractivity contribution in [2.75, 3.05) is 0 Å². The minimum Gasteiger partial charge on any atom is -0.247 e. The molecule has 0 saturated carbocycles. The van der Waals surface area contributed by atoms with Crippen molar-refractivity contribution in [3.8, 4) is 44.6 Å². The van der Waals surface area contributed by atoms with E-state index in [-0.39, 0.29) is 5.41 Å². The minimum atomic E-state index is -0.369. The summed E-state index contributed by atoms with van der Waals surface area (Å²) in [7, 11) is 0. The van der Waals surface area contributed by atoms with E-state index in [1.54, 1.807) is 0 Å². The molecule has 1 nitrogen and oxygen atoms in total. The average molecular weight is 676 g/mol. The van der Waals surface area contributed by atoms with Gasteiger partial charge in [-0.3, -0.25) is 0 Å². The van der Waals surface area contributed by atoms with Crippen molar-refractivity contribution in [2.24, 2.45) is 0 Å². The Labute approximate surface area is 305 Å². The number of rotatable bonds is 2. The van der Waals surface area contributed by atoms with Crippen LogP contribution in [0.3, 0.4) is 0 Å². The molecule has 8 aromatic carbocycles. The fourth-order valence-electron chi connectivity index (χ4n) is 9.68. The van der Waals surface area contributed by atoms with E-state index in [2.05, 4.69) is 176 Å². The maximum absolute atomic E-state index is 5.50. The molecule has 2 aliphatic rings. The zero-order chi connectivity index (χ0) is 34.0. The minimum absolute atomic E-state index is 0.369. The zero-order valence-corrected chi connectivity index (χ0v) is 28.9. The lowest BCUT2D eigenvalue weighted by atomic mass is 9.70. The van der Waals surface area contributed by atoms with Crippen molar-refractivity contribution in [3.05, 3.63) is 198 Å². The Morgan fingerprint density at radius 3 is 1.79 bits per heavy atom. The van der Waals surface area contributed by atoms with Crippen LogP contribution in [0.4, 0.5) is 0 Å². The summed E-state index contributed by atoms with van der Waals surface area (Å²) in [5.41, 5.74) is 16.0. The van der Waals surface area contributed by atoms with E-state index < -0.39 is 0 Å². The summed E-state index contributed by atoms with van der Waals surface area (Å²) >= 11 is 1.87. The van der Waals surface area contributed by atoms with Crippen LogP contribution in [0.2, 0.25) is 0 Å². The molecule has 12 rings (SSSR count). The number of fused-ring (bicyclic) bond motifs is 17. The number of hydrogen-bond acceptors (Lipinski definition) is 2. The molecule has 2 heteroatoms. The summed E-state index contributed by atoms with van der Waals surface area (Å²) in [5.74, 6) is 0. The largest absolute Gasteiger partial charge is 0.247 e. The molecule has 1 spiro atoms. The lowest BCUT2D eigenvalue weighted by molar-refractivity contribution is 0.794. The van der Waals surface area contributed by atoms with E-state index in [9.17, 15) is 0 Å². The highest BCUT2D eigenvalue weighted by atomic mass is 32.1. The fourth-order valence-corrected chi connectivity index (χ4v) is 10.8. The Hall–Kier alpha value is -6.35. The van der Waals surface area contributed by atoms with Gasteiger partial charge >= 0.3 is 0 Å². The van der Waals surface area contributed by atoms with Crippen molar-refractivity contribution >= 4 is 53.2 Å². The number of pyridine rings is 1. The molecule has 0 bridgehead atoms. The standard InChI is InChI=1S/C50H29NS/c1-2-13-30(14-3-1)49-38-27-28-45-48(37-18-7-11-24-44(37)52-45)47(38)36-26-25-31(29-43(36)51-49)32-19-12-23-42-46(32)35-17-6-10-22-41(35)50(42)39-20-8-4-15-33(39)34-16-5-9-21-40(34)50/h1-29H. The van der Waals surface area contributed by atoms with Gasteiger partial charge in [0.1, 0.15) is 0 Å². The summed E-state index contributed by atoms with van der Waals surface area (Å²) in [4.78, 5) is 5.50. The highest BCUT2D eigenvalue weighted by Crippen LogP contribution is 2.64. The fraction of sp³-hybridized carbons (Fsp3) is 0.0200. The zero-order valence-electron chi connectivity index (χ0n) is 28.1. The van der Waals surface area contributed by atoms with Gasteiger partial charge in [0.2, 0.25) is 0 Å². The Balaban J connectivity index is 1.17. The van der Waals surface area contributed by atoms with Crippen molar-refractivity contribution in [1.29, 1.82) is 0 Å². The van der Waals surface area contributed by atoms with Crippen molar-refractivity contribution in [2.45, 2.75) is 5.41 Å². The molecule has 0 aliphatic heterocycles. The quantitative estimate of drug-likeness (QED) is 0.166. The number of thiophene rings is 1. The van der Waals surface area contributed by atoms with Crippen LogP contribution in [0.25, 0.3) is 86.5 Å². The van der Waals surface area contributed by atoms with Gasteiger partial charge in [0.05, 0.1) is 16.6 Å². The highest BCUT2D eigenvalue weighted by Gasteiger charge is 2.51. The summed E-state index contributed by atoms with van der Waals surface area (Å²) in [6, 6.07) is 65.2. The van der Waals surface area contributed by atoms with Gasteiger partial charge in [-0.15, -0.1) is 11.3 Å². The van der Waals surface area contributed by atoms with Crippen molar-refractivity contribution in [1.82, 2.24) is 4.98 Å². The SMILES string of the molecule is c1ccc(-c2nc3cc(-c4cccc5c4-c4ccccc4C54c5ccccc5-c5ccccc54)ccc3c3c2ccc2sc4ccccc4c23)cc1. The molecule has 2 aromatic heterocycles. The van der Waals surface area contributed by atoms with E-state index >= 15 is 0 Å². The first-order valence-corrected chi connectivity index (χ1v) is 18.8. The second-order valence-electron chi connectivity index (χ2n) is 14.1. The maximum atomic E-state index is 5.50. The van der Waals surface area contributed by atoms with Crippen molar-refractivity contribution in [3.63, 3.8) is 0 Å². The first-order valence-electron chi connectivity index (χ1n) is 18.0. The van der Waals surface area contributed by atoms with E-state index in [1.807, 2.05) is 11.3 Å². The van der Waals surface area contributed by atoms with Crippen LogP contribution in [0.1, 0.15) is 22.3 Å². The van der Waals surface area contributed by atoms with Crippen LogP contribution in [0.5, 0.6) is 0 Å². The third-order valence-electron chi connectivity index (χ3n) is 11.7. The molecule has 0 N–H and O–H groups in total. The van der Waals surface area contributed by atoms with Crippen LogP contribution in [-0.2, 0) is 5.41 Å². The number of benzene rings is 8. The Bertz CT molecular complexity index is 3090. The molecule has 0 atom stereocenters. The summed E-state index contributed by atoms with van der Waals surface area (Å²) in [5, 5.41) is 6.30. The molecule has 240 valence electrons. The molecular formula is C50H29NS. The smallest absolute Gasteiger partial charge is 0.0788 e. The topological polar surface area (TPSA) is 12.9 Å². The highest BCUT2D eigenvalue weighted by molar-refractivity contribution is 7.26. The molecule has 10 aromatic rings. The molecule has 2 heterocycles. The van der Waals surface area contributed by atoms with Crippen LogP contribution in [0.15, 0.2) is 176 Å². The molecule has 0 unspecified atom stereocenters. The van der Waals surface area contributed by atoms with Crippen molar-refractivity contribution < 1.29 is 0 Å². The predicted molar refractivity (Wildman–Crippen MR) is 219 cm³/mol. The molecule has 52 heavy (non-hydrogen) atoms. The third kappa shape index (κ3) is 3.55. The van der Waals surface area contributed by atoms with Gasteiger partial charge < -0.3 is 0 Å². The van der Waals surface area contributed by atoms with Crippen LogP contribution in [-0.4, -0.2) is 4.98 Å². The lowest BCUT2D eigenvalue weighted by Crippen LogP contribution is -2.25. The van der Waals surface area contributed by atoms with Gasteiger partial charge in [-0.25, -0.2) is 4.98 Å². The molecule has 2 aliphatic carbocycles. The summed E-state index contributed by atoms with van der Waals surface area (Å²) in [6.45, 7) is 0. The number of aromatic nitrogens is 1. The molecule has 0 fully saturated rings. The second-order valence-corrected chi connectivity index (χ2v) is 15.2. The first-order chi connectivity index (χ1) is 25.8. The van der Waals surface area contributed by atoms with Gasteiger partial charge in [0.15, 0.2) is 0 Å². The monoisotopic (exact) mass is 675 g/mol. The van der Waals surface area contributed by atoms with E-state index in [1.165, 1.54) is 92.0 Å². The van der Waals surface area contributed by atoms with Gasteiger partial charge in [0.25, 0.3) is 0 Å². The van der Waals surface area contributed by atoms with E-state index in [0.29, 0.717) is 0 Å². The predicted octanol–water partition coefficient (Wildman–Crippen LogP) is 13.4. The second kappa shape index (κ2) is 10.4. The maximum Gasteiger partial charge on any atom is 0.0788 e. The van der Waals surface area contributed by atoms with Gasteiger partial charge in [-0.05, 0) is 73.8 Å². The Kier molecular flexibility index (Phi) is 5.65. The van der Waals surface area contributed by atoms with Gasteiger partial charge in [0, 0.05) is 41.9 Å². The average Bonchev–Trinajstić information content (AvgIpc) is 3.85. The van der Waals surface area contributed by atoms with Crippen LogP contribution >= 0.6 is 11.3 Å². The molecule has 0 radical (unpaired) electrons. The molecular weight excluding hydrogens is 647 g/mol. The molecule has 0 saturated heterocycles. The number of nitrogens with zero attached hydrogens (tertiary/aromatic N) is 1. The molecule has 0 amide bonds. The summed E-state index contributed by atoms with van der Waals surface area (Å²) < 4.78 is 2.62. The summed E-state index contributed by atoms with van der Waals surface area (Å²) in [6.07, 6.45) is 0. The van der Waals surface area contributed by atoms with Crippen LogP contribution < -0.4 is 0 Å². The van der Waals surface area contributed by atoms with E-state index in [0.717, 1.165) is 16.8 Å². The van der Waals surface area contributed by atoms with Crippen LogP contribution in [0, 0.1) is 0 Å². The van der Waals surface area contributed by atoms with Gasteiger partial charge in [-0.2, -0.15) is 0 Å². The van der Waals surface area contributed by atoms with E-state index in [4.69, 9.17) is 4.98 Å². The lowest BCUT2D eigenvalue weighted by Gasteiger charge is -2.30. The first kappa shape index (κ1) is 28.4. The normalized spacial score (nSPS) is 13.5.